The van der Waals surface area contributed by atoms with Gasteiger partial charge in [0.2, 0.25) is 12.7 Å². The molecule has 168 valence electrons. The smallest absolute Gasteiger partial charge is 0.309 e. The molecule has 2 aromatic heterocycles. The molecule has 1 saturated heterocycles. The van der Waals surface area contributed by atoms with Crippen molar-refractivity contribution in [3.63, 3.8) is 0 Å². The second kappa shape index (κ2) is 8.99. The molecule has 0 atom stereocenters. The fourth-order valence-corrected chi connectivity index (χ4v) is 5.05. The van der Waals surface area contributed by atoms with Crippen LogP contribution in [-0.2, 0) is 16.1 Å². The quantitative estimate of drug-likeness (QED) is 0.524. The van der Waals surface area contributed by atoms with Crippen LogP contribution >= 0.6 is 22.9 Å². The van der Waals surface area contributed by atoms with Crippen molar-refractivity contribution in [1.82, 2.24) is 9.97 Å². The summed E-state index contributed by atoms with van der Waals surface area (Å²) in [6, 6.07) is 7.77. The Morgan fingerprint density at radius 3 is 2.88 bits per heavy atom. The number of thiophene rings is 1. The Morgan fingerprint density at radius 1 is 1.25 bits per heavy atom. The van der Waals surface area contributed by atoms with Gasteiger partial charge in [-0.3, -0.25) is 4.79 Å². The van der Waals surface area contributed by atoms with Crippen LogP contribution in [0.15, 0.2) is 24.3 Å². The van der Waals surface area contributed by atoms with E-state index in [0.29, 0.717) is 36.5 Å². The zero-order valence-corrected chi connectivity index (χ0v) is 19.2. The molecule has 0 saturated carbocycles. The Bertz CT molecular complexity index is 1150. The first-order valence-corrected chi connectivity index (χ1v) is 11.8. The maximum atomic E-state index is 12.1. The number of esters is 1. The number of piperidine rings is 1. The van der Waals surface area contributed by atoms with E-state index in [1.807, 2.05) is 31.2 Å². The Hall–Kier alpha value is -2.78. The van der Waals surface area contributed by atoms with E-state index in [-0.39, 0.29) is 18.7 Å². The van der Waals surface area contributed by atoms with E-state index >= 15 is 0 Å². The van der Waals surface area contributed by atoms with Crippen LogP contribution in [0, 0.1) is 5.92 Å². The number of nitrogens with one attached hydrogen (secondary N) is 1. The predicted molar refractivity (Wildman–Crippen MR) is 124 cm³/mol. The van der Waals surface area contributed by atoms with Crippen LogP contribution in [0.2, 0.25) is 4.34 Å². The van der Waals surface area contributed by atoms with Crippen LogP contribution in [0.4, 0.5) is 11.8 Å². The van der Waals surface area contributed by atoms with E-state index in [4.69, 9.17) is 35.8 Å². The minimum absolute atomic E-state index is 0.0604. The lowest BCUT2D eigenvalue weighted by Gasteiger charge is -2.31. The zero-order chi connectivity index (χ0) is 22.1. The largest absolute Gasteiger partial charge is 0.466 e. The summed E-state index contributed by atoms with van der Waals surface area (Å²) in [7, 11) is 0. The third-order valence-corrected chi connectivity index (χ3v) is 6.80. The van der Waals surface area contributed by atoms with Crippen molar-refractivity contribution in [2.24, 2.45) is 5.92 Å². The first-order chi connectivity index (χ1) is 15.6. The highest BCUT2D eigenvalue weighted by Gasteiger charge is 2.28. The van der Waals surface area contributed by atoms with Gasteiger partial charge in [-0.15, -0.1) is 11.3 Å². The highest BCUT2D eigenvalue weighted by atomic mass is 35.5. The number of fused-ring (bicyclic) bond motifs is 2. The van der Waals surface area contributed by atoms with E-state index in [2.05, 4.69) is 10.2 Å². The number of halogens is 1. The van der Waals surface area contributed by atoms with E-state index < -0.39 is 0 Å². The lowest BCUT2D eigenvalue weighted by Crippen LogP contribution is -2.38. The number of aromatic nitrogens is 2. The number of ether oxygens (including phenoxy) is 3. The Morgan fingerprint density at radius 2 is 2.06 bits per heavy atom. The molecule has 0 spiro atoms. The van der Waals surface area contributed by atoms with E-state index in [9.17, 15) is 4.79 Å². The van der Waals surface area contributed by atoms with Gasteiger partial charge >= 0.3 is 5.97 Å². The van der Waals surface area contributed by atoms with Crippen LogP contribution in [0.1, 0.15) is 25.3 Å². The standard InChI is InChI=1S/C22H23ClN4O4S/c1-2-29-21(28)14-5-7-27(8-6-14)22-25-19(15-10-18(23)32-20(15)26-22)24-11-13-3-4-16-17(9-13)31-12-30-16/h3-4,9-10,14H,2,5-8,11-12H2,1H3,(H,24,25,26). The summed E-state index contributed by atoms with van der Waals surface area (Å²) in [5.74, 6) is 2.72. The summed E-state index contributed by atoms with van der Waals surface area (Å²) in [5, 5.41) is 4.33. The van der Waals surface area contributed by atoms with E-state index in [0.717, 1.165) is 45.9 Å². The second-order valence-electron chi connectivity index (χ2n) is 7.70. The topological polar surface area (TPSA) is 85.8 Å². The summed E-state index contributed by atoms with van der Waals surface area (Å²) in [5.41, 5.74) is 1.05. The average Bonchev–Trinajstić information content (AvgIpc) is 3.42. The van der Waals surface area contributed by atoms with Gasteiger partial charge in [0.15, 0.2) is 11.5 Å². The van der Waals surface area contributed by atoms with Crippen LogP contribution in [0.25, 0.3) is 10.2 Å². The van der Waals surface area contributed by atoms with Gasteiger partial charge < -0.3 is 24.4 Å². The molecule has 2 aliphatic heterocycles. The van der Waals surface area contributed by atoms with Gasteiger partial charge in [-0.1, -0.05) is 17.7 Å². The summed E-state index contributed by atoms with van der Waals surface area (Å²) in [6.07, 6.45) is 1.46. The van der Waals surface area contributed by atoms with Gasteiger partial charge in [0.05, 0.1) is 22.2 Å². The van der Waals surface area contributed by atoms with Crippen LogP contribution in [0.3, 0.4) is 0 Å². The summed E-state index contributed by atoms with van der Waals surface area (Å²) in [4.78, 5) is 24.6. The second-order valence-corrected chi connectivity index (χ2v) is 9.36. The van der Waals surface area contributed by atoms with Crippen molar-refractivity contribution >= 4 is 50.9 Å². The van der Waals surface area contributed by atoms with Gasteiger partial charge in [-0.05, 0) is 43.5 Å². The first-order valence-electron chi connectivity index (χ1n) is 10.6. The number of carbonyl (C=O) groups is 1. The molecular weight excluding hydrogens is 452 g/mol. The van der Waals surface area contributed by atoms with Crippen LogP contribution < -0.4 is 19.7 Å². The molecular formula is C22H23ClN4O4S. The Labute approximate surface area is 194 Å². The van der Waals surface area contributed by atoms with Crippen molar-refractivity contribution in [2.45, 2.75) is 26.3 Å². The molecule has 3 aromatic rings. The molecule has 10 heteroatoms. The molecule has 1 N–H and O–H groups in total. The van der Waals surface area contributed by atoms with Gasteiger partial charge in [0, 0.05) is 19.6 Å². The summed E-state index contributed by atoms with van der Waals surface area (Å²) < 4.78 is 16.7. The number of nitrogens with zero attached hydrogens (tertiary/aromatic N) is 3. The normalized spacial score (nSPS) is 15.9. The fraction of sp³-hybridized carbons (Fsp3) is 0.409. The average molecular weight is 475 g/mol. The predicted octanol–water partition coefficient (Wildman–Crippen LogP) is 4.47. The van der Waals surface area contributed by atoms with Crippen LogP contribution in [0.5, 0.6) is 11.5 Å². The summed E-state index contributed by atoms with van der Waals surface area (Å²) >= 11 is 7.72. The van der Waals surface area contributed by atoms with Gasteiger partial charge in [-0.25, -0.2) is 4.98 Å². The monoisotopic (exact) mass is 474 g/mol. The van der Waals surface area contributed by atoms with E-state index in [1.54, 1.807) is 0 Å². The molecule has 1 aromatic carbocycles. The third-order valence-electron chi connectivity index (χ3n) is 5.65. The molecule has 1 fully saturated rings. The van der Waals surface area contributed by atoms with Crippen molar-refractivity contribution in [3.8, 4) is 11.5 Å². The lowest BCUT2D eigenvalue weighted by atomic mass is 9.97. The minimum Gasteiger partial charge on any atom is -0.466 e. The molecule has 0 amide bonds. The number of hydrogen-bond donors (Lipinski definition) is 1. The number of anilines is 2. The lowest BCUT2D eigenvalue weighted by molar-refractivity contribution is -0.148. The number of hydrogen-bond acceptors (Lipinski definition) is 9. The Balaban J connectivity index is 1.34. The molecule has 32 heavy (non-hydrogen) atoms. The molecule has 2 aliphatic rings. The molecule has 0 aliphatic carbocycles. The summed E-state index contributed by atoms with van der Waals surface area (Å²) in [6.45, 7) is 4.48. The molecule has 5 rings (SSSR count). The van der Waals surface area contributed by atoms with Gasteiger partial charge in [0.25, 0.3) is 0 Å². The highest BCUT2D eigenvalue weighted by Crippen LogP contribution is 2.36. The SMILES string of the molecule is CCOC(=O)C1CCN(c2nc(NCc3ccc4c(c3)OCO4)c3cc(Cl)sc3n2)CC1. The molecule has 4 heterocycles. The van der Waals surface area contributed by atoms with Crippen molar-refractivity contribution < 1.29 is 19.0 Å². The van der Waals surface area contributed by atoms with Gasteiger partial charge in [-0.2, -0.15) is 4.98 Å². The Kier molecular flexibility index (Phi) is 5.93. The maximum absolute atomic E-state index is 12.1. The van der Waals surface area contributed by atoms with Gasteiger partial charge in [0.1, 0.15) is 10.6 Å². The zero-order valence-electron chi connectivity index (χ0n) is 17.6. The first kappa shape index (κ1) is 21.1. The molecule has 0 bridgehead atoms. The van der Waals surface area contributed by atoms with E-state index in [1.165, 1.54) is 11.3 Å². The molecule has 0 unspecified atom stereocenters. The van der Waals surface area contributed by atoms with Crippen molar-refractivity contribution in [3.05, 3.63) is 34.2 Å². The minimum atomic E-state index is -0.111. The van der Waals surface area contributed by atoms with Crippen molar-refractivity contribution in [2.75, 3.05) is 36.7 Å². The maximum Gasteiger partial charge on any atom is 0.309 e. The molecule has 0 radical (unpaired) electrons. The number of benzene rings is 1. The third kappa shape index (κ3) is 4.27. The van der Waals surface area contributed by atoms with Crippen molar-refractivity contribution in [1.29, 1.82) is 0 Å². The van der Waals surface area contributed by atoms with Crippen LogP contribution in [-0.4, -0.2) is 42.4 Å². The highest BCUT2D eigenvalue weighted by molar-refractivity contribution is 7.22. The number of rotatable bonds is 6. The fourth-order valence-electron chi connectivity index (χ4n) is 3.97. The number of carbonyl (C=O) groups excluding carboxylic acids is 1. The molecule has 8 nitrogen and oxygen atoms in total.